The summed E-state index contributed by atoms with van der Waals surface area (Å²) in [5.41, 5.74) is 2.09. The van der Waals surface area contributed by atoms with Gasteiger partial charge >= 0.3 is 0 Å². The van der Waals surface area contributed by atoms with Gasteiger partial charge in [0.25, 0.3) is 5.91 Å². The Kier molecular flexibility index (Phi) is 6.74. The van der Waals surface area contributed by atoms with Crippen molar-refractivity contribution in [1.29, 1.82) is 0 Å². The number of nitrogens with one attached hydrogen (secondary N) is 2. The maximum absolute atomic E-state index is 13.7. The van der Waals surface area contributed by atoms with Crippen LogP contribution in [0.1, 0.15) is 34.3 Å². The Morgan fingerprint density at radius 3 is 1.90 bits per heavy atom. The van der Waals surface area contributed by atoms with Crippen LogP contribution in [0.3, 0.4) is 0 Å². The second-order valence-electron chi connectivity index (χ2n) is 6.82. The van der Waals surface area contributed by atoms with Gasteiger partial charge in [0.15, 0.2) is 0 Å². The molecule has 2 amide bonds. The number of hydrogen-bond donors (Lipinski definition) is 2. The third-order valence-electron chi connectivity index (χ3n) is 4.73. The first kappa shape index (κ1) is 20.3. The summed E-state index contributed by atoms with van der Waals surface area (Å²) in [5.74, 6) is -1.61. The summed E-state index contributed by atoms with van der Waals surface area (Å²) in [4.78, 5) is 24.5. The summed E-state index contributed by atoms with van der Waals surface area (Å²) in [6.07, 6.45) is 0. The maximum atomic E-state index is 13.7. The van der Waals surface area contributed by atoms with Crippen LogP contribution in [0.25, 0.3) is 0 Å². The monoisotopic (exact) mass is 390 g/mol. The van der Waals surface area contributed by atoms with E-state index >= 15 is 0 Å². The van der Waals surface area contributed by atoms with Crippen LogP contribution < -0.4 is 10.6 Å². The SMILES string of the molecule is C[C@@H](NC(=O)CNC(=O)c1ccccc1F)C(c1ccccc1)c1ccccc1. The van der Waals surface area contributed by atoms with Gasteiger partial charge in [-0.3, -0.25) is 9.59 Å². The van der Waals surface area contributed by atoms with Crippen molar-refractivity contribution >= 4 is 11.8 Å². The van der Waals surface area contributed by atoms with Gasteiger partial charge in [-0.25, -0.2) is 4.39 Å². The van der Waals surface area contributed by atoms with E-state index in [0.717, 1.165) is 11.1 Å². The summed E-state index contributed by atoms with van der Waals surface area (Å²) >= 11 is 0. The Balaban J connectivity index is 1.66. The fourth-order valence-electron chi connectivity index (χ4n) is 3.38. The summed E-state index contributed by atoms with van der Waals surface area (Å²) < 4.78 is 13.7. The van der Waals surface area contributed by atoms with E-state index in [1.807, 2.05) is 67.6 Å². The lowest BCUT2D eigenvalue weighted by Gasteiger charge is -2.26. The normalized spacial score (nSPS) is 11.7. The fourth-order valence-corrected chi connectivity index (χ4v) is 3.38. The summed E-state index contributed by atoms with van der Waals surface area (Å²) in [7, 11) is 0. The van der Waals surface area contributed by atoms with Crippen LogP contribution >= 0.6 is 0 Å². The molecule has 0 saturated carbocycles. The van der Waals surface area contributed by atoms with Crippen molar-refractivity contribution in [3.8, 4) is 0 Å². The fraction of sp³-hybridized carbons (Fsp3) is 0.167. The van der Waals surface area contributed by atoms with E-state index in [9.17, 15) is 14.0 Å². The molecule has 3 rings (SSSR count). The molecule has 0 heterocycles. The number of rotatable bonds is 7. The minimum atomic E-state index is -0.619. The number of carbonyl (C=O) groups is 2. The van der Waals surface area contributed by atoms with Gasteiger partial charge in [-0.1, -0.05) is 72.8 Å². The van der Waals surface area contributed by atoms with Gasteiger partial charge in [0, 0.05) is 12.0 Å². The molecule has 0 aliphatic rings. The zero-order chi connectivity index (χ0) is 20.6. The van der Waals surface area contributed by atoms with Crippen molar-refractivity contribution in [2.24, 2.45) is 0 Å². The molecular weight excluding hydrogens is 367 g/mol. The van der Waals surface area contributed by atoms with E-state index < -0.39 is 11.7 Å². The van der Waals surface area contributed by atoms with E-state index in [1.165, 1.54) is 18.2 Å². The lowest BCUT2D eigenvalue weighted by molar-refractivity contribution is -0.120. The predicted molar refractivity (Wildman–Crippen MR) is 111 cm³/mol. The van der Waals surface area contributed by atoms with Gasteiger partial charge in [0.2, 0.25) is 5.91 Å². The molecule has 0 aliphatic heterocycles. The highest BCUT2D eigenvalue weighted by atomic mass is 19.1. The molecule has 1 atom stereocenters. The molecule has 0 saturated heterocycles. The minimum Gasteiger partial charge on any atom is -0.351 e. The van der Waals surface area contributed by atoms with E-state index in [4.69, 9.17) is 0 Å². The van der Waals surface area contributed by atoms with Crippen molar-refractivity contribution in [2.45, 2.75) is 18.9 Å². The molecule has 2 N–H and O–H groups in total. The Morgan fingerprint density at radius 1 is 0.828 bits per heavy atom. The second kappa shape index (κ2) is 9.64. The van der Waals surface area contributed by atoms with Crippen LogP contribution in [-0.2, 0) is 4.79 Å². The van der Waals surface area contributed by atoms with E-state index in [-0.39, 0.29) is 30.0 Å². The third-order valence-corrected chi connectivity index (χ3v) is 4.73. The van der Waals surface area contributed by atoms with Gasteiger partial charge in [-0.05, 0) is 30.2 Å². The lowest BCUT2D eigenvalue weighted by Crippen LogP contribution is -2.43. The lowest BCUT2D eigenvalue weighted by atomic mass is 9.86. The molecule has 0 aliphatic carbocycles. The van der Waals surface area contributed by atoms with E-state index in [0.29, 0.717) is 0 Å². The Morgan fingerprint density at radius 2 is 1.34 bits per heavy atom. The average molecular weight is 390 g/mol. The van der Waals surface area contributed by atoms with Crippen molar-refractivity contribution in [1.82, 2.24) is 10.6 Å². The quantitative estimate of drug-likeness (QED) is 0.643. The smallest absolute Gasteiger partial charge is 0.254 e. The van der Waals surface area contributed by atoms with Gasteiger partial charge in [0.1, 0.15) is 5.82 Å². The largest absolute Gasteiger partial charge is 0.351 e. The Labute approximate surface area is 169 Å². The molecule has 148 valence electrons. The highest BCUT2D eigenvalue weighted by molar-refractivity contribution is 5.96. The number of carbonyl (C=O) groups excluding carboxylic acids is 2. The maximum Gasteiger partial charge on any atom is 0.254 e. The van der Waals surface area contributed by atoms with Gasteiger partial charge < -0.3 is 10.6 Å². The molecule has 29 heavy (non-hydrogen) atoms. The molecule has 0 unspecified atom stereocenters. The number of hydrogen-bond acceptors (Lipinski definition) is 2. The molecule has 3 aromatic carbocycles. The first-order valence-corrected chi connectivity index (χ1v) is 9.48. The number of benzene rings is 3. The van der Waals surface area contributed by atoms with Gasteiger partial charge in [-0.2, -0.15) is 0 Å². The number of halogens is 1. The molecule has 3 aromatic rings. The first-order chi connectivity index (χ1) is 14.1. The molecule has 0 aromatic heterocycles. The molecular formula is C24H23FN2O2. The Bertz CT molecular complexity index is 921. The zero-order valence-corrected chi connectivity index (χ0v) is 16.1. The average Bonchev–Trinajstić information content (AvgIpc) is 2.74. The van der Waals surface area contributed by atoms with Crippen LogP contribution in [-0.4, -0.2) is 24.4 Å². The minimum absolute atomic E-state index is 0.0383. The molecule has 0 spiro atoms. The van der Waals surface area contributed by atoms with Crippen molar-refractivity contribution in [3.63, 3.8) is 0 Å². The molecule has 5 heteroatoms. The van der Waals surface area contributed by atoms with Crippen LogP contribution in [0.4, 0.5) is 4.39 Å². The molecule has 0 fully saturated rings. The van der Waals surface area contributed by atoms with Crippen molar-refractivity contribution in [3.05, 3.63) is 107 Å². The summed E-state index contributed by atoms with van der Waals surface area (Å²) in [6.45, 7) is 1.70. The van der Waals surface area contributed by atoms with Crippen molar-refractivity contribution in [2.75, 3.05) is 6.54 Å². The third kappa shape index (κ3) is 5.29. The zero-order valence-electron chi connectivity index (χ0n) is 16.1. The van der Waals surface area contributed by atoms with Crippen LogP contribution in [0.2, 0.25) is 0 Å². The van der Waals surface area contributed by atoms with E-state index in [2.05, 4.69) is 10.6 Å². The van der Waals surface area contributed by atoms with Gasteiger partial charge in [0.05, 0.1) is 12.1 Å². The van der Waals surface area contributed by atoms with Crippen LogP contribution in [0.5, 0.6) is 0 Å². The highest BCUT2D eigenvalue weighted by Crippen LogP contribution is 2.27. The second-order valence-corrected chi connectivity index (χ2v) is 6.82. The van der Waals surface area contributed by atoms with Gasteiger partial charge in [-0.15, -0.1) is 0 Å². The van der Waals surface area contributed by atoms with E-state index in [1.54, 1.807) is 6.07 Å². The molecule has 0 bridgehead atoms. The summed E-state index contributed by atoms with van der Waals surface area (Å²) in [5, 5.41) is 5.42. The first-order valence-electron chi connectivity index (χ1n) is 9.48. The molecule has 4 nitrogen and oxygen atoms in total. The van der Waals surface area contributed by atoms with Crippen molar-refractivity contribution < 1.29 is 14.0 Å². The summed E-state index contributed by atoms with van der Waals surface area (Å²) in [6, 6.07) is 25.3. The Hall–Kier alpha value is -3.47. The highest BCUT2D eigenvalue weighted by Gasteiger charge is 2.23. The van der Waals surface area contributed by atoms with Crippen LogP contribution in [0.15, 0.2) is 84.9 Å². The number of amides is 2. The van der Waals surface area contributed by atoms with Crippen LogP contribution in [0, 0.1) is 5.82 Å². The molecule has 0 radical (unpaired) electrons. The predicted octanol–water partition coefficient (Wildman–Crippen LogP) is 3.89. The standard InChI is InChI=1S/C24H23FN2O2/c1-17(23(18-10-4-2-5-11-18)19-12-6-3-7-13-19)27-22(28)16-26-24(29)20-14-8-9-15-21(20)25/h2-15,17,23H,16H2,1H3,(H,26,29)(H,27,28)/t17-/m1/s1. The topological polar surface area (TPSA) is 58.2 Å².